The van der Waals surface area contributed by atoms with Gasteiger partial charge in [-0.3, -0.25) is 0 Å². The summed E-state index contributed by atoms with van der Waals surface area (Å²) in [4.78, 5) is 5.06. The Hall–Kier alpha value is -4.58. The van der Waals surface area contributed by atoms with E-state index in [-0.39, 0.29) is 11.3 Å². The number of aryl methyl sites for hydroxylation is 1. The maximum absolute atomic E-state index is 6.56. The summed E-state index contributed by atoms with van der Waals surface area (Å²) >= 11 is 0. The minimum atomic E-state index is -0.136. The highest BCUT2D eigenvalue weighted by Gasteiger charge is 2.31. The summed E-state index contributed by atoms with van der Waals surface area (Å²) in [6.07, 6.45) is 0.949. The normalized spacial score (nSPS) is 12.9. The minimum Gasteiger partial charge on any atom is -0.456 e. The first-order valence-corrected chi connectivity index (χ1v) is 14.3. The number of fused-ring (bicyclic) bond motifs is 5. The van der Waals surface area contributed by atoms with Crippen molar-refractivity contribution in [1.29, 1.82) is 0 Å². The molecule has 6 nitrogen and oxygen atoms in total. The zero-order valence-corrected chi connectivity index (χ0v) is 24.3. The fraction of sp³-hybridized carbons (Fsp3) is 0.257. The summed E-state index contributed by atoms with van der Waals surface area (Å²) in [7, 11) is 0. The fourth-order valence-electron chi connectivity index (χ4n) is 5.73. The van der Waals surface area contributed by atoms with Gasteiger partial charge in [0, 0.05) is 16.3 Å². The maximum atomic E-state index is 6.56. The molecule has 0 radical (unpaired) electrons. The number of aromatic nitrogens is 3. The second-order valence-corrected chi connectivity index (χ2v) is 11.8. The Morgan fingerprint density at radius 2 is 1.56 bits per heavy atom. The van der Waals surface area contributed by atoms with Gasteiger partial charge in [0.2, 0.25) is 0 Å². The summed E-state index contributed by atoms with van der Waals surface area (Å²) < 4.78 is 21.2. The largest absolute Gasteiger partial charge is 0.456 e. The van der Waals surface area contributed by atoms with Gasteiger partial charge in [0.05, 0.1) is 0 Å². The monoisotopic (exact) mass is 543 g/mol. The van der Waals surface area contributed by atoms with E-state index in [1.807, 2.05) is 60.1 Å². The lowest BCUT2D eigenvalue weighted by Crippen LogP contribution is -2.18. The molecular weight excluding hydrogens is 510 g/mol. The van der Waals surface area contributed by atoms with Crippen molar-refractivity contribution in [2.45, 2.75) is 59.3 Å². The average molecular weight is 544 g/mol. The predicted molar refractivity (Wildman–Crippen MR) is 163 cm³/mol. The van der Waals surface area contributed by atoms with Crippen LogP contribution in [0.25, 0.3) is 39.0 Å². The molecule has 0 spiro atoms. The van der Waals surface area contributed by atoms with Crippen LogP contribution in [-0.2, 0) is 5.41 Å². The van der Waals surface area contributed by atoms with Crippen molar-refractivity contribution in [3.8, 4) is 40.1 Å². The van der Waals surface area contributed by atoms with Gasteiger partial charge in [0.1, 0.15) is 22.7 Å². The number of nitrogens with zero attached hydrogens (tertiary/aromatic N) is 3. The Morgan fingerprint density at radius 3 is 2.32 bits per heavy atom. The Labute approximate surface area is 239 Å². The van der Waals surface area contributed by atoms with E-state index in [4.69, 9.17) is 24.0 Å². The molecule has 0 saturated carbocycles. The highest BCUT2D eigenvalue weighted by Crippen LogP contribution is 2.51. The van der Waals surface area contributed by atoms with Gasteiger partial charge >= 0.3 is 0 Å². The molecule has 0 bridgehead atoms. The van der Waals surface area contributed by atoms with Crippen LogP contribution in [0.4, 0.5) is 0 Å². The lowest BCUT2D eigenvalue weighted by Gasteiger charge is -2.28. The van der Waals surface area contributed by atoms with Gasteiger partial charge in [-0.25, -0.2) is 9.67 Å². The number of rotatable bonds is 5. The van der Waals surface area contributed by atoms with Gasteiger partial charge in [-0.05, 0) is 72.2 Å². The Morgan fingerprint density at radius 1 is 0.829 bits per heavy atom. The van der Waals surface area contributed by atoms with Crippen LogP contribution in [0.2, 0.25) is 0 Å². The third-order valence-electron chi connectivity index (χ3n) is 8.33. The second kappa shape index (κ2) is 9.23. The molecule has 2 aromatic heterocycles. The van der Waals surface area contributed by atoms with Crippen LogP contribution in [0, 0.1) is 6.92 Å². The van der Waals surface area contributed by atoms with Crippen LogP contribution >= 0.6 is 0 Å². The molecule has 6 aromatic rings. The Kier molecular flexibility index (Phi) is 5.72. The van der Waals surface area contributed by atoms with Crippen LogP contribution in [0.1, 0.15) is 63.9 Å². The van der Waals surface area contributed by atoms with Crippen molar-refractivity contribution in [3.05, 3.63) is 89.7 Å². The lowest BCUT2D eigenvalue weighted by atomic mass is 9.79. The maximum Gasteiger partial charge on any atom is 0.196 e. The van der Waals surface area contributed by atoms with E-state index in [0.29, 0.717) is 28.8 Å². The van der Waals surface area contributed by atoms with Gasteiger partial charge in [-0.2, -0.15) is 5.10 Å². The molecule has 41 heavy (non-hydrogen) atoms. The van der Waals surface area contributed by atoms with Crippen LogP contribution in [0.5, 0.6) is 23.0 Å². The summed E-state index contributed by atoms with van der Waals surface area (Å²) in [6.45, 7) is 13.1. The van der Waals surface area contributed by atoms with E-state index in [1.54, 1.807) is 0 Å². The third-order valence-corrected chi connectivity index (χ3v) is 8.33. The molecular formula is C35H33N3O3. The zero-order chi connectivity index (χ0) is 28.5. The molecule has 0 aliphatic carbocycles. The highest BCUT2D eigenvalue weighted by molar-refractivity contribution is 6.06. The number of benzene rings is 4. The molecule has 0 N–H and O–H groups in total. The van der Waals surface area contributed by atoms with Gasteiger partial charge in [-0.15, -0.1) is 0 Å². The first-order valence-electron chi connectivity index (χ1n) is 14.3. The molecule has 0 fully saturated rings. The van der Waals surface area contributed by atoms with Crippen LogP contribution in [0.15, 0.2) is 77.2 Å². The predicted octanol–water partition coefficient (Wildman–Crippen LogP) is 9.85. The molecule has 7 rings (SSSR count). The van der Waals surface area contributed by atoms with Crippen molar-refractivity contribution >= 4 is 21.9 Å². The van der Waals surface area contributed by atoms with Crippen molar-refractivity contribution in [3.63, 3.8) is 0 Å². The molecule has 1 aliphatic heterocycles. The first kappa shape index (κ1) is 25.4. The number of ether oxygens (including phenoxy) is 2. The number of hydrogen-bond donors (Lipinski definition) is 0. The minimum absolute atomic E-state index is 0.136. The first-order chi connectivity index (χ1) is 19.7. The van der Waals surface area contributed by atoms with Gasteiger partial charge in [0.15, 0.2) is 28.8 Å². The quantitative estimate of drug-likeness (QED) is 0.216. The number of para-hydroxylation sites is 3. The second-order valence-electron chi connectivity index (χ2n) is 11.8. The van der Waals surface area contributed by atoms with Crippen molar-refractivity contribution in [1.82, 2.24) is 14.8 Å². The van der Waals surface area contributed by atoms with Crippen LogP contribution < -0.4 is 9.47 Å². The van der Waals surface area contributed by atoms with Crippen molar-refractivity contribution in [2.75, 3.05) is 0 Å². The van der Waals surface area contributed by atoms with E-state index < -0.39 is 0 Å². The van der Waals surface area contributed by atoms with E-state index in [0.717, 1.165) is 51.0 Å². The molecule has 0 saturated heterocycles. The van der Waals surface area contributed by atoms with Gasteiger partial charge in [0.25, 0.3) is 0 Å². The third kappa shape index (κ3) is 4.00. The Balaban J connectivity index is 1.53. The molecule has 6 heteroatoms. The molecule has 206 valence electrons. The summed E-state index contributed by atoms with van der Waals surface area (Å²) in [5.41, 5.74) is 5.76. The highest BCUT2D eigenvalue weighted by atomic mass is 16.6. The van der Waals surface area contributed by atoms with Crippen molar-refractivity contribution in [2.24, 2.45) is 0 Å². The van der Waals surface area contributed by atoms with Crippen LogP contribution in [-0.4, -0.2) is 14.8 Å². The molecule has 1 aliphatic rings. The SMILES string of the molecule is CCC(C)(C)c1cc2oc3ccccc3c2cc1-c1nc(C)nn1-c1c(C(C)C)ccc2c1Oc1ccccc1O2. The van der Waals surface area contributed by atoms with E-state index in [9.17, 15) is 0 Å². The van der Waals surface area contributed by atoms with Crippen LogP contribution in [0.3, 0.4) is 0 Å². The average Bonchev–Trinajstić information content (AvgIpc) is 3.54. The summed E-state index contributed by atoms with van der Waals surface area (Å²) in [5.74, 6) is 4.34. The molecule has 0 amide bonds. The van der Waals surface area contributed by atoms with Gasteiger partial charge < -0.3 is 13.9 Å². The summed E-state index contributed by atoms with van der Waals surface area (Å²) in [5, 5.41) is 7.14. The van der Waals surface area contributed by atoms with E-state index in [1.165, 1.54) is 5.56 Å². The van der Waals surface area contributed by atoms with Gasteiger partial charge in [-0.1, -0.05) is 71.0 Å². The topological polar surface area (TPSA) is 62.3 Å². The summed E-state index contributed by atoms with van der Waals surface area (Å²) in [6, 6.07) is 24.5. The van der Waals surface area contributed by atoms with E-state index in [2.05, 4.69) is 58.9 Å². The standard InChI is InChI=1S/C35H33N3O3/c1-7-35(5,6)26-19-31-24(23-12-8-9-13-27(23)39-31)18-25(26)34-36-21(4)37-38(34)32-22(20(2)3)16-17-30-33(32)41-29-15-11-10-14-28(29)40-30/h8-20H,7H2,1-6H3. The molecule has 0 atom stereocenters. The number of furan rings is 1. The molecule has 3 heterocycles. The zero-order valence-electron chi connectivity index (χ0n) is 24.3. The number of hydrogen-bond acceptors (Lipinski definition) is 5. The smallest absolute Gasteiger partial charge is 0.196 e. The fourth-order valence-corrected chi connectivity index (χ4v) is 5.73. The molecule has 0 unspecified atom stereocenters. The lowest BCUT2D eigenvalue weighted by molar-refractivity contribution is 0.357. The Bertz CT molecular complexity index is 1960. The van der Waals surface area contributed by atoms with Crippen molar-refractivity contribution < 1.29 is 13.9 Å². The molecule has 4 aromatic carbocycles. The van der Waals surface area contributed by atoms with E-state index >= 15 is 0 Å².